The van der Waals surface area contributed by atoms with Crippen molar-refractivity contribution in [3.8, 4) is 0 Å². The van der Waals surface area contributed by atoms with Crippen molar-refractivity contribution in [2.24, 2.45) is 11.8 Å². The molecule has 0 spiro atoms. The van der Waals surface area contributed by atoms with Crippen LogP contribution in [0, 0.1) is 11.8 Å². The second-order valence-corrected chi connectivity index (χ2v) is 13.2. The number of Topliss-reactive ketones (excluding diaryl/α,β-unsaturated/α-hetero) is 2. The molecule has 0 aromatic heterocycles. The second-order valence-electron chi connectivity index (χ2n) is 13.2. The van der Waals surface area contributed by atoms with Gasteiger partial charge >= 0.3 is 24.1 Å². The van der Waals surface area contributed by atoms with Crippen molar-refractivity contribution in [2.75, 3.05) is 20.2 Å². The van der Waals surface area contributed by atoms with Crippen molar-refractivity contribution in [2.45, 2.75) is 117 Å². The molecule has 0 bridgehead atoms. The highest BCUT2D eigenvalue weighted by Gasteiger charge is 2.41. The molecule has 0 unspecified atom stereocenters. The number of carbonyl (C=O) groups is 6. The molecule has 2 amide bonds. The summed E-state index contributed by atoms with van der Waals surface area (Å²) in [6, 6.07) is -0.854. The van der Waals surface area contributed by atoms with Crippen molar-refractivity contribution in [3.05, 3.63) is 24.3 Å². The fraction of sp³-hybridized carbons (Fsp3) is 0.697. The molecule has 254 valence electrons. The van der Waals surface area contributed by atoms with E-state index in [0.717, 1.165) is 12.5 Å². The molecule has 0 saturated carbocycles. The number of methoxy groups -OCH3 is 1. The number of hydrogen-bond donors (Lipinski definition) is 1. The largest absolute Gasteiger partial charge is 0.478 e. The highest BCUT2D eigenvalue weighted by molar-refractivity contribution is 5.90. The molecule has 0 radical (unpaired) electrons. The standard InChI is InChI=1S/C17H27NO5.C16H25NO5/c1-6-12(7-8-15(20)22-5)11-14(19)13-9-10-18(13)16(21)23-17(2,3)4;1-5-11(6-7-14(19)20)10-13(18)12-8-9-17(12)15(21)22-16(2,3)4/h7-8,12-13H,6,9-11H2,1-5H3;6-7,11-12H,5,8-10H2,1-4H3,(H,19,20)/b8-7+;7-6+/t12-,13-;11-,12-/m00/s1. The number of allylic oxidation sites excluding steroid dienone is 2. The van der Waals surface area contributed by atoms with E-state index in [1.165, 1.54) is 29.1 Å². The number of aliphatic carboxylic acids is 1. The predicted octanol–water partition coefficient (Wildman–Crippen LogP) is 5.33. The van der Waals surface area contributed by atoms with E-state index in [0.29, 0.717) is 38.8 Å². The molecule has 2 fully saturated rings. The van der Waals surface area contributed by atoms with Crippen LogP contribution >= 0.6 is 0 Å². The Bertz CT molecular complexity index is 1120. The first-order valence-electron chi connectivity index (χ1n) is 15.5. The topological polar surface area (TPSA) is 157 Å². The van der Waals surface area contributed by atoms with Crippen LogP contribution in [0.4, 0.5) is 9.59 Å². The Morgan fingerprint density at radius 2 is 1.11 bits per heavy atom. The van der Waals surface area contributed by atoms with Gasteiger partial charge < -0.3 is 19.3 Å². The smallest absolute Gasteiger partial charge is 0.410 e. The third-order valence-corrected chi connectivity index (χ3v) is 7.23. The summed E-state index contributed by atoms with van der Waals surface area (Å²) in [5.41, 5.74) is -1.16. The van der Waals surface area contributed by atoms with Gasteiger partial charge in [0.05, 0.1) is 19.2 Å². The van der Waals surface area contributed by atoms with Crippen molar-refractivity contribution < 1.29 is 48.1 Å². The Labute approximate surface area is 267 Å². The third-order valence-electron chi connectivity index (χ3n) is 7.23. The van der Waals surface area contributed by atoms with Crippen LogP contribution in [0.3, 0.4) is 0 Å². The molecule has 1 N–H and O–H groups in total. The van der Waals surface area contributed by atoms with Crippen LogP contribution in [0.15, 0.2) is 24.3 Å². The molecule has 2 saturated heterocycles. The van der Waals surface area contributed by atoms with Crippen LogP contribution in [0.1, 0.15) is 93.9 Å². The minimum absolute atomic E-state index is 0.00322. The van der Waals surface area contributed by atoms with Crippen LogP contribution in [0.25, 0.3) is 0 Å². The number of amides is 2. The maximum atomic E-state index is 12.4. The van der Waals surface area contributed by atoms with E-state index in [1.54, 1.807) is 47.6 Å². The third kappa shape index (κ3) is 14.3. The van der Waals surface area contributed by atoms with Gasteiger partial charge in [0.25, 0.3) is 0 Å². The summed E-state index contributed by atoms with van der Waals surface area (Å²) in [4.78, 5) is 73.3. The van der Waals surface area contributed by atoms with Gasteiger partial charge in [-0.2, -0.15) is 0 Å². The van der Waals surface area contributed by atoms with Crippen LogP contribution in [-0.4, -0.2) is 94.1 Å². The van der Waals surface area contributed by atoms with E-state index in [-0.39, 0.29) is 29.8 Å². The number of ketones is 2. The zero-order chi connectivity index (χ0) is 34.5. The lowest BCUT2D eigenvalue weighted by molar-refractivity contribution is -0.135. The van der Waals surface area contributed by atoms with Gasteiger partial charge in [0.15, 0.2) is 11.6 Å². The Morgan fingerprint density at radius 1 is 0.733 bits per heavy atom. The zero-order valence-electron chi connectivity index (χ0n) is 28.3. The van der Waals surface area contributed by atoms with Crippen LogP contribution in [0.5, 0.6) is 0 Å². The van der Waals surface area contributed by atoms with Gasteiger partial charge in [-0.05, 0) is 79.1 Å². The summed E-state index contributed by atoms with van der Waals surface area (Å²) < 4.78 is 15.1. The molecular formula is C33H52N2O10. The normalized spacial score (nSPS) is 19.4. The number of nitrogens with zero attached hydrogens (tertiary/aromatic N) is 2. The Balaban J connectivity index is 0.000000450. The SMILES string of the molecule is CC[C@@H](/C=C/C(=O)O)CC(=O)[C@@H]1CCN1C(=O)OC(C)(C)C.CC[C@@H](/C=C/C(=O)OC)CC(=O)[C@@H]1CCN1C(=O)OC(C)(C)C. The van der Waals surface area contributed by atoms with E-state index < -0.39 is 47.4 Å². The number of carbonyl (C=O) groups excluding carboxylic acids is 5. The highest BCUT2D eigenvalue weighted by atomic mass is 16.6. The number of carboxylic acid groups (broad SMARTS) is 1. The van der Waals surface area contributed by atoms with Gasteiger partial charge in [-0.1, -0.05) is 26.0 Å². The summed E-state index contributed by atoms with van der Waals surface area (Å²) in [7, 11) is 1.31. The lowest BCUT2D eigenvalue weighted by Crippen LogP contribution is -2.56. The number of ether oxygens (including phenoxy) is 3. The predicted molar refractivity (Wildman–Crippen MR) is 167 cm³/mol. The van der Waals surface area contributed by atoms with E-state index >= 15 is 0 Å². The maximum absolute atomic E-state index is 12.4. The molecule has 12 nitrogen and oxygen atoms in total. The van der Waals surface area contributed by atoms with E-state index in [1.807, 2.05) is 13.8 Å². The van der Waals surface area contributed by atoms with Gasteiger partial charge in [0.1, 0.15) is 11.2 Å². The molecule has 45 heavy (non-hydrogen) atoms. The van der Waals surface area contributed by atoms with Gasteiger partial charge in [-0.15, -0.1) is 0 Å². The Morgan fingerprint density at radius 3 is 1.38 bits per heavy atom. The minimum Gasteiger partial charge on any atom is -0.478 e. The monoisotopic (exact) mass is 636 g/mol. The Hall–Kier alpha value is -3.70. The van der Waals surface area contributed by atoms with Crippen molar-refractivity contribution in [1.82, 2.24) is 9.80 Å². The van der Waals surface area contributed by atoms with Crippen LogP contribution < -0.4 is 0 Å². The number of likely N-dealkylation sites (tertiary alicyclic amines) is 2. The molecule has 2 aliphatic heterocycles. The van der Waals surface area contributed by atoms with Gasteiger partial charge in [0, 0.05) is 38.1 Å². The molecule has 0 aromatic rings. The minimum atomic E-state index is -1.02. The first kappa shape index (κ1) is 39.3. The summed E-state index contributed by atoms with van der Waals surface area (Å²) in [5.74, 6) is -1.66. The molecule has 2 rings (SSSR count). The summed E-state index contributed by atoms with van der Waals surface area (Å²) in [6.45, 7) is 15.7. The van der Waals surface area contributed by atoms with E-state index in [9.17, 15) is 28.8 Å². The molecular weight excluding hydrogens is 584 g/mol. The lowest BCUT2D eigenvalue weighted by Gasteiger charge is -2.40. The van der Waals surface area contributed by atoms with Crippen molar-refractivity contribution in [3.63, 3.8) is 0 Å². The zero-order valence-corrected chi connectivity index (χ0v) is 28.3. The summed E-state index contributed by atoms with van der Waals surface area (Å²) in [6.07, 6.45) is 7.97. The fourth-order valence-corrected chi connectivity index (χ4v) is 4.51. The van der Waals surface area contributed by atoms with E-state index in [2.05, 4.69) is 4.74 Å². The first-order valence-corrected chi connectivity index (χ1v) is 15.5. The number of hydrogen-bond acceptors (Lipinski definition) is 9. The quantitative estimate of drug-likeness (QED) is 0.169. The van der Waals surface area contributed by atoms with Gasteiger partial charge in [-0.25, -0.2) is 19.2 Å². The van der Waals surface area contributed by atoms with Crippen molar-refractivity contribution in [1.29, 1.82) is 0 Å². The van der Waals surface area contributed by atoms with Crippen LogP contribution in [0.2, 0.25) is 0 Å². The highest BCUT2D eigenvalue weighted by Crippen LogP contribution is 2.26. The Kier molecular flexibility index (Phi) is 15.5. The molecule has 2 aliphatic rings. The molecule has 4 atom stereocenters. The summed E-state index contributed by atoms with van der Waals surface area (Å²) in [5, 5.41) is 8.64. The van der Waals surface area contributed by atoms with Crippen molar-refractivity contribution >= 4 is 35.7 Å². The number of carboxylic acids is 1. The second kappa shape index (κ2) is 17.7. The molecule has 12 heteroatoms. The number of rotatable bonds is 12. The van der Waals surface area contributed by atoms with Crippen LogP contribution in [-0.2, 0) is 33.4 Å². The average Bonchev–Trinajstić information content (AvgIpc) is 2.85. The lowest BCUT2D eigenvalue weighted by atomic mass is 9.90. The maximum Gasteiger partial charge on any atom is 0.410 e. The van der Waals surface area contributed by atoms with Gasteiger partial charge in [0.2, 0.25) is 0 Å². The summed E-state index contributed by atoms with van der Waals surface area (Å²) >= 11 is 0. The first-order chi connectivity index (χ1) is 20.8. The van der Waals surface area contributed by atoms with E-state index in [4.69, 9.17) is 14.6 Å². The average molecular weight is 637 g/mol. The van der Waals surface area contributed by atoms with Gasteiger partial charge in [-0.3, -0.25) is 19.4 Å². The fourth-order valence-electron chi connectivity index (χ4n) is 4.51. The molecule has 0 aliphatic carbocycles. The number of esters is 1. The molecule has 0 aromatic carbocycles. The molecule has 2 heterocycles.